The van der Waals surface area contributed by atoms with Crippen LogP contribution in [0.3, 0.4) is 0 Å². The minimum absolute atomic E-state index is 0.0683. The van der Waals surface area contributed by atoms with Gasteiger partial charge in [-0.2, -0.15) is 5.10 Å². The van der Waals surface area contributed by atoms with Crippen molar-refractivity contribution in [3.63, 3.8) is 0 Å². The number of hydrogen-bond donors (Lipinski definition) is 0. The first-order valence-electron chi connectivity index (χ1n) is 10.1. The second-order valence-corrected chi connectivity index (χ2v) is 8.04. The Labute approximate surface area is 189 Å². The lowest BCUT2D eigenvalue weighted by Crippen LogP contribution is -2.17. The van der Waals surface area contributed by atoms with Crippen molar-refractivity contribution in [2.24, 2.45) is 0 Å². The summed E-state index contributed by atoms with van der Waals surface area (Å²) in [6.07, 6.45) is 2.00. The minimum Gasteiger partial charge on any atom is -0.497 e. The Morgan fingerprint density at radius 2 is 1.84 bits per heavy atom. The van der Waals surface area contributed by atoms with E-state index < -0.39 is 0 Å². The van der Waals surface area contributed by atoms with Crippen LogP contribution in [-0.4, -0.2) is 27.4 Å². The van der Waals surface area contributed by atoms with Crippen LogP contribution in [0, 0.1) is 6.92 Å². The number of para-hydroxylation sites is 1. The number of carbonyl (C=O) groups excluding carboxylic acids is 1. The first-order chi connectivity index (χ1) is 15.5. The van der Waals surface area contributed by atoms with Crippen LogP contribution in [0.15, 0.2) is 71.0 Å². The fraction of sp³-hybridized carbons (Fsp3) is 0.208. The summed E-state index contributed by atoms with van der Waals surface area (Å²) in [5.74, 6) is 0.388. The molecule has 0 saturated carbocycles. The lowest BCUT2D eigenvalue weighted by atomic mass is 10.1. The Kier molecular flexibility index (Phi) is 6.51. The second-order valence-electron chi connectivity index (χ2n) is 7.22. The highest BCUT2D eigenvalue weighted by atomic mass is 32.1. The van der Waals surface area contributed by atoms with Gasteiger partial charge in [0.15, 0.2) is 0 Å². The van der Waals surface area contributed by atoms with Crippen molar-refractivity contribution in [2.75, 3.05) is 7.11 Å². The van der Waals surface area contributed by atoms with Crippen molar-refractivity contribution in [3.8, 4) is 22.7 Å². The molecule has 4 aromatic rings. The standard InChI is InChI=1S/C24H23N3O4S/c1-17-16-32-24(29)26(17)13-12-22(28)31-15-19-14-27(20-6-4-3-5-7-20)25-23(19)18-8-10-21(30-2)11-9-18/h3-11,14,16H,12-13,15H2,1-2H3. The number of benzene rings is 2. The van der Waals surface area contributed by atoms with Gasteiger partial charge in [-0.1, -0.05) is 29.5 Å². The Morgan fingerprint density at radius 1 is 1.09 bits per heavy atom. The molecular formula is C24H23N3O4S. The number of methoxy groups -OCH3 is 1. The number of rotatable bonds is 8. The quantitative estimate of drug-likeness (QED) is 0.377. The van der Waals surface area contributed by atoms with E-state index in [1.807, 2.05) is 67.7 Å². The van der Waals surface area contributed by atoms with E-state index in [1.54, 1.807) is 21.7 Å². The van der Waals surface area contributed by atoms with E-state index in [0.29, 0.717) is 6.54 Å². The topological polar surface area (TPSA) is 75.3 Å². The molecule has 0 aliphatic rings. The lowest BCUT2D eigenvalue weighted by Gasteiger charge is -2.07. The molecule has 0 bridgehead atoms. The van der Waals surface area contributed by atoms with Gasteiger partial charge in [0, 0.05) is 34.9 Å². The zero-order chi connectivity index (χ0) is 22.5. The van der Waals surface area contributed by atoms with Gasteiger partial charge < -0.3 is 14.0 Å². The van der Waals surface area contributed by atoms with E-state index in [0.717, 1.165) is 45.3 Å². The van der Waals surface area contributed by atoms with Crippen molar-refractivity contribution in [1.82, 2.24) is 14.3 Å². The monoisotopic (exact) mass is 449 g/mol. The van der Waals surface area contributed by atoms with Gasteiger partial charge in [0.05, 0.1) is 24.9 Å². The van der Waals surface area contributed by atoms with Gasteiger partial charge in [-0.05, 0) is 43.3 Å². The average molecular weight is 450 g/mol. The molecule has 4 rings (SSSR count). The number of carbonyl (C=O) groups is 1. The molecule has 0 saturated heterocycles. The third-order valence-electron chi connectivity index (χ3n) is 5.08. The number of nitrogens with zero attached hydrogens (tertiary/aromatic N) is 3. The number of thiazole rings is 1. The zero-order valence-electron chi connectivity index (χ0n) is 17.9. The molecule has 2 aromatic carbocycles. The van der Waals surface area contributed by atoms with Crippen LogP contribution < -0.4 is 9.61 Å². The molecular weight excluding hydrogens is 426 g/mol. The maximum atomic E-state index is 12.4. The average Bonchev–Trinajstić information content (AvgIpc) is 3.40. The Balaban J connectivity index is 1.52. The first kappa shape index (κ1) is 21.6. The Morgan fingerprint density at radius 3 is 2.50 bits per heavy atom. The molecule has 0 fully saturated rings. The summed E-state index contributed by atoms with van der Waals surface area (Å²) >= 11 is 1.13. The van der Waals surface area contributed by atoms with E-state index in [2.05, 4.69) is 0 Å². The lowest BCUT2D eigenvalue weighted by molar-refractivity contribution is -0.145. The molecule has 2 aromatic heterocycles. The molecule has 0 amide bonds. The smallest absolute Gasteiger partial charge is 0.307 e. The van der Waals surface area contributed by atoms with Gasteiger partial charge in [-0.15, -0.1) is 0 Å². The summed E-state index contributed by atoms with van der Waals surface area (Å²) in [5.41, 5.74) is 4.17. The van der Waals surface area contributed by atoms with Gasteiger partial charge in [-0.3, -0.25) is 9.59 Å². The normalized spacial score (nSPS) is 10.8. The van der Waals surface area contributed by atoms with Crippen molar-refractivity contribution in [1.29, 1.82) is 0 Å². The van der Waals surface area contributed by atoms with E-state index in [9.17, 15) is 9.59 Å². The van der Waals surface area contributed by atoms with Crippen LogP contribution in [0.2, 0.25) is 0 Å². The Hall–Kier alpha value is -3.65. The number of esters is 1. The minimum atomic E-state index is -0.365. The molecule has 7 nitrogen and oxygen atoms in total. The predicted molar refractivity (Wildman–Crippen MR) is 123 cm³/mol. The van der Waals surface area contributed by atoms with Crippen molar-refractivity contribution >= 4 is 17.3 Å². The van der Waals surface area contributed by atoms with Crippen LogP contribution in [0.4, 0.5) is 0 Å². The van der Waals surface area contributed by atoms with Crippen LogP contribution in [0.1, 0.15) is 17.7 Å². The van der Waals surface area contributed by atoms with Crippen molar-refractivity contribution in [2.45, 2.75) is 26.5 Å². The van der Waals surface area contributed by atoms with Crippen molar-refractivity contribution in [3.05, 3.63) is 87.1 Å². The maximum Gasteiger partial charge on any atom is 0.307 e. The third kappa shape index (κ3) is 4.81. The van der Waals surface area contributed by atoms with Gasteiger partial charge >= 0.3 is 10.8 Å². The maximum absolute atomic E-state index is 12.4. The van der Waals surface area contributed by atoms with E-state index in [4.69, 9.17) is 14.6 Å². The fourth-order valence-electron chi connectivity index (χ4n) is 3.33. The molecule has 0 N–H and O–H groups in total. The third-order valence-corrected chi connectivity index (χ3v) is 5.96. The van der Waals surface area contributed by atoms with E-state index >= 15 is 0 Å². The zero-order valence-corrected chi connectivity index (χ0v) is 18.7. The number of ether oxygens (including phenoxy) is 2. The molecule has 0 spiro atoms. The number of aryl methyl sites for hydroxylation is 1. The summed E-state index contributed by atoms with van der Waals surface area (Å²) in [5, 5.41) is 6.52. The summed E-state index contributed by atoms with van der Waals surface area (Å²) in [6.45, 7) is 2.24. The fourth-order valence-corrected chi connectivity index (χ4v) is 4.09. The first-order valence-corrected chi connectivity index (χ1v) is 11.0. The predicted octanol–water partition coefficient (Wildman–Crippen LogP) is 4.21. The largest absolute Gasteiger partial charge is 0.497 e. The highest BCUT2D eigenvalue weighted by Crippen LogP contribution is 2.26. The van der Waals surface area contributed by atoms with Crippen molar-refractivity contribution < 1.29 is 14.3 Å². The summed E-state index contributed by atoms with van der Waals surface area (Å²) < 4.78 is 14.1. The summed E-state index contributed by atoms with van der Waals surface area (Å²) in [6, 6.07) is 17.3. The number of aromatic nitrogens is 3. The molecule has 0 radical (unpaired) electrons. The van der Waals surface area contributed by atoms with Crippen LogP contribution in [-0.2, 0) is 22.7 Å². The molecule has 0 aliphatic carbocycles. The molecule has 164 valence electrons. The van der Waals surface area contributed by atoms with Crippen LogP contribution in [0.25, 0.3) is 16.9 Å². The summed E-state index contributed by atoms with van der Waals surface area (Å²) in [4.78, 5) is 24.1. The highest BCUT2D eigenvalue weighted by Gasteiger charge is 2.15. The molecule has 0 aliphatic heterocycles. The van der Waals surface area contributed by atoms with Gasteiger partial charge in [0.2, 0.25) is 0 Å². The van der Waals surface area contributed by atoms with Gasteiger partial charge in [0.25, 0.3) is 0 Å². The number of hydrogen-bond acceptors (Lipinski definition) is 6. The molecule has 0 atom stereocenters. The van der Waals surface area contributed by atoms with Crippen LogP contribution in [0.5, 0.6) is 5.75 Å². The Bertz CT molecular complexity index is 1260. The van der Waals surface area contributed by atoms with Gasteiger partial charge in [0.1, 0.15) is 12.4 Å². The van der Waals surface area contributed by atoms with E-state index in [-0.39, 0.29) is 23.9 Å². The SMILES string of the molecule is COc1ccc(-c2nn(-c3ccccc3)cc2COC(=O)CCn2c(C)csc2=O)cc1. The van der Waals surface area contributed by atoms with E-state index in [1.165, 1.54) is 0 Å². The molecule has 8 heteroatoms. The highest BCUT2D eigenvalue weighted by molar-refractivity contribution is 7.07. The molecule has 2 heterocycles. The van der Waals surface area contributed by atoms with Gasteiger partial charge in [-0.25, -0.2) is 4.68 Å². The van der Waals surface area contributed by atoms with Crippen LogP contribution >= 0.6 is 11.3 Å². The second kappa shape index (κ2) is 9.65. The molecule has 0 unspecified atom stereocenters. The molecule has 32 heavy (non-hydrogen) atoms. The summed E-state index contributed by atoms with van der Waals surface area (Å²) in [7, 11) is 1.62.